The molecule has 4 aromatic carbocycles. The van der Waals surface area contributed by atoms with Crippen LogP contribution < -0.4 is 0 Å². The van der Waals surface area contributed by atoms with Gasteiger partial charge in [0, 0.05) is 43.8 Å². The molecule has 0 unspecified atom stereocenters. The fourth-order valence-corrected chi connectivity index (χ4v) is 5.51. The Bertz CT molecular complexity index is 1930. The van der Waals surface area contributed by atoms with Crippen molar-refractivity contribution in [3.05, 3.63) is 138 Å². The zero-order valence-corrected chi connectivity index (χ0v) is 28.0. The maximum atomic E-state index is 5.85. The summed E-state index contributed by atoms with van der Waals surface area (Å²) in [5, 5.41) is 1.04. The molecular formula is C39H35IrN3O-2. The first kappa shape index (κ1) is 31.1. The van der Waals surface area contributed by atoms with Crippen molar-refractivity contribution in [2.24, 2.45) is 0 Å². The third kappa shape index (κ3) is 6.17. The number of rotatable bonds is 5. The Morgan fingerprint density at radius 1 is 0.773 bits per heavy atom. The molecule has 0 aliphatic heterocycles. The van der Waals surface area contributed by atoms with Crippen LogP contribution in [0.2, 0.25) is 0 Å². The fraction of sp³-hybridized carbons (Fsp3) is 0.179. The predicted molar refractivity (Wildman–Crippen MR) is 177 cm³/mol. The van der Waals surface area contributed by atoms with Gasteiger partial charge in [0.15, 0.2) is 0 Å². The van der Waals surface area contributed by atoms with Gasteiger partial charge in [-0.1, -0.05) is 98.8 Å². The first-order chi connectivity index (χ1) is 20.9. The quantitative estimate of drug-likeness (QED) is 0.165. The van der Waals surface area contributed by atoms with E-state index in [0.717, 1.165) is 44.6 Å². The SMILES string of the molecule is Cc1ccc2c(-c3nc4ccccc4n3-c3c(C(C)C)cccc3C(C)C)[c-]oc2c1.[Ir].[c-]1ccccc1-c1ccccn1. The van der Waals surface area contributed by atoms with Crippen LogP contribution in [0.1, 0.15) is 56.2 Å². The van der Waals surface area contributed by atoms with Crippen LogP contribution in [-0.2, 0) is 20.1 Å². The summed E-state index contributed by atoms with van der Waals surface area (Å²) in [6, 6.07) is 38.1. The number of hydrogen-bond acceptors (Lipinski definition) is 3. The van der Waals surface area contributed by atoms with Crippen LogP contribution in [0.5, 0.6) is 0 Å². The van der Waals surface area contributed by atoms with Gasteiger partial charge in [0.25, 0.3) is 0 Å². The van der Waals surface area contributed by atoms with E-state index in [1.807, 2.05) is 48.5 Å². The molecule has 3 aromatic heterocycles. The fourth-order valence-electron chi connectivity index (χ4n) is 5.51. The number of aromatic nitrogens is 3. The maximum absolute atomic E-state index is 5.85. The first-order valence-corrected chi connectivity index (χ1v) is 14.8. The Morgan fingerprint density at radius 2 is 1.50 bits per heavy atom. The third-order valence-corrected chi connectivity index (χ3v) is 7.67. The summed E-state index contributed by atoms with van der Waals surface area (Å²) < 4.78 is 8.17. The van der Waals surface area contributed by atoms with Gasteiger partial charge in [-0.2, -0.15) is 0 Å². The zero-order chi connectivity index (χ0) is 29.9. The molecule has 0 spiro atoms. The number of pyridine rings is 1. The maximum Gasteiger partial charge on any atom is 0.0774 e. The van der Waals surface area contributed by atoms with Crippen molar-refractivity contribution >= 4 is 22.0 Å². The van der Waals surface area contributed by atoms with Crippen LogP contribution in [0.15, 0.2) is 114 Å². The number of aryl methyl sites for hydroxylation is 1. The van der Waals surface area contributed by atoms with Crippen LogP contribution in [0, 0.1) is 19.3 Å². The number of furan rings is 1. The number of para-hydroxylation sites is 3. The smallest absolute Gasteiger partial charge is 0.0774 e. The molecule has 4 nitrogen and oxygen atoms in total. The average Bonchev–Trinajstić information content (AvgIpc) is 3.62. The molecule has 1 radical (unpaired) electrons. The number of imidazole rings is 1. The van der Waals surface area contributed by atoms with Crippen LogP contribution in [0.3, 0.4) is 0 Å². The van der Waals surface area contributed by atoms with Crippen molar-refractivity contribution < 1.29 is 24.5 Å². The summed E-state index contributed by atoms with van der Waals surface area (Å²) in [6.45, 7) is 11.1. The Morgan fingerprint density at radius 3 is 2.18 bits per heavy atom. The summed E-state index contributed by atoms with van der Waals surface area (Å²) in [6.07, 6.45) is 4.96. The Labute approximate surface area is 273 Å². The molecule has 7 rings (SSSR count). The van der Waals surface area contributed by atoms with E-state index in [9.17, 15) is 0 Å². The number of hydrogen-bond donors (Lipinski definition) is 0. The van der Waals surface area contributed by atoms with E-state index in [-0.39, 0.29) is 20.1 Å². The van der Waals surface area contributed by atoms with E-state index < -0.39 is 0 Å². The summed E-state index contributed by atoms with van der Waals surface area (Å²) in [5.74, 6) is 1.64. The zero-order valence-electron chi connectivity index (χ0n) is 25.6. The van der Waals surface area contributed by atoms with Gasteiger partial charge in [-0.25, -0.2) is 0 Å². The van der Waals surface area contributed by atoms with Crippen LogP contribution in [0.25, 0.3) is 50.3 Å². The molecule has 0 bridgehead atoms. The Balaban J connectivity index is 0.000000248. The molecule has 0 saturated heterocycles. The van der Waals surface area contributed by atoms with Gasteiger partial charge >= 0.3 is 0 Å². The van der Waals surface area contributed by atoms with E-state index in [1.165, 1.54) is 22.4 Å². The Hall–Kier alpha value is -4.31. The summed E-state index contributed by atoms with van der Waals surface area (Å²) >= 11 is 0. The van der Waals surface area contributed by atoms with Crippen molar-refractivity contribution in [3.8, 4) is 28.3 Å². The van der Waals surface area contributed by atoms with Crippen molar-refractivity contribution in [1.82, 2.24) is 14.5 Å². The van der Waals surface area contributed by atoms with Crippen molar-refractivity contribution in [3.63, 3.8) is 0 Å². The minimum Gasteiger partial charge on any atom is -0.557 e. The molecule has 0 N–H and O–H groups in total. The number of fused-ring (bicyclic) bond motifs is 2. The first-order valence-electron chi connectivity index (χ1n) is 14.8. The predicted octanol–water partition coefficient (Wildman–Crippen LogP) is 10.3. The topological polar surface area (TPSA) is 43.9 Å². The Kier molecular flexibility index (Phi) is 9.58. The molecule has 0 aliphatic carbocycles. The van der Waals surface area contributed by atoms with E-state index in [0.29, 0.717) is 11.8 Å². The van der Waals surface area contributed by atoms with Crippen molar-refractivity contribution in [2.75, 3.05) is 0 Å². The molecule has 3 heterocycles. The average molecular weight is 754 g/mol. The van der Waals surface area contributed by atoms with Gasteiger partial charge in [-0.3, -0.25) is 4.98 Å². The minimum atomic E-state index is 0. The normalized spacial score (nSPS) is 11.1. The van der Waals surface area contributed by atoms with E-state index in [1.54, 1.807) is 6.20 Å². The molecule has 7 aromatic rings. The molecule has 0 atom stereocenters. The number of nitrogens with zero attached hydrogens (tertiary/aromatic N) is 3. The largest absolute Gasteiger partial charge is 0.557 e. The molecule has 0 aliphatic rings. The minimum absolute atomic E-state index is 0. The standard InChI is InChI=1S/C28H27N2O.C11H8N.Ir/c1-17(2)20-9-8-10-21(18(3)4)27(20)30-25-12-7-6-11-24(25)29-28(30)23-16-31-26-15-19(5)13-14-22(23)26;1-2-6-10(7-3-1)11-8-4-5-9-12-11;/h6-15,17-18H,1-5H3;1-6,8-9H;/q2*-1;. The van der Waals surface area contributed by atoms with Gasteiger partial charge in [-0.15, -0.1) is 42.0 Å². The molecule has 223 valence electrons. The van der Waals surface area contributed by atoms with Gasteiger partial charge in [0.1, 0.15) is 0 Å². The van der Waals surface area contributed by atoms with Gasteiger partial charge in [-0.05, 0) is 53.8 Å². The second-order valence-corrected chi connectivity index (χ2v) is 11.4. The van der Waals surface area contributed by atoms with Gasteiger partial charge in [0.05, 0.1) is 16.9 Å². The second kappa shape index (κ2) is 13.5. The molecule has 0 fully saturated rings. The molecule has 0 saturated carbocycles. The van der Waals surface area contributed by atoms with Gasteiger partial charge < -0.3 is 14.0 Å². The van der Waals surface area contributed by atoms with Crippen molar-refractivity contribution in [2.45, 2.75) is 46.5 Å². The summed E-state index contributed by atoms with van der Waals surface area (Å²) in [4.78, 5) is 9.29. The summed E-state index contributed by atoms with van der Waals surface area (Å²) in [5.41, 5.74) is 10.9. The summed E-state index contributed by atoms with van der Waals surface area (Å²) in [7, 11) is 0. The van der Waals surface area contributed by atoms with E-state index in [4.69, 9.17) is 9.40 Å². The van der Waals surface area contributed by atoms with Crippen LogP contribution in [0.4, 0.5) is 0 Å². The van der Waals surface area contributed by atoms with E-state index in [2.05, 4.69) is 111 Å². The molecule has 5 heteroatoms. The second-order valence-electron chi connectivity index (χ2n) is 11.4. The molecule has 44 heavy (non-hydrogen) atoms. The third-order valence-electron chi connectivity index (χ3n) is 7.67. The van der Waals surface area contributed by atoms with Crippen molar-refractivity contribution in [1.29, 1.82) is 0 Å². The number of benzene rings is 4. The van der Waals surface area contributed by atoms with Crippen LogP contribution >= 0.6 is 0 Å². The van der Waals surface area contributed by atoms with Crippen LogP contribution in [-0.4, -0.2) is 14.5 Å². The molecule has 0 amide bonds. The molecular weight excluding hydrogens is 719 g/mol. The monoisotopic (exact) mass is 754 g/mol. The van der Waals surface area contributed by atoms with Gasteiger partial charge in [0.2, 0.25) is 0 Å². The van der Waals surface area contributed by atoms with E-state index >= 15 is 0 Å².